The normalized spacial score (nSPS) is 11.3. The zero-order valence-electron chi connectivity index (χ0n) is 13.9. The van der Waals surface area contributed by atoms with Crippen LogP contribution in [0.3, 0.4) is 0 Å². The van der Waals surface area contributed by atoms with Crippen LogP contribution in [0.4, 0.5) is 0 Å². The molecule has 0 aliphatic rings. The van der Waals surface area contributed by atoms with Crippen LogP contribution in [0.2, 0.25) is 0 Å². The van der Waals surface area contributed by atoms with Crippen LogP contribution >= 0.6 is 0 Å². The minimum Gasteiger partial charge on any atom is -0.465 e. The van der Waals surface area contributed by atoms with E-state index in [0.717, 1.165) is 27.5 Å². The third kappa shape index (κ3) is 2.03. The molecule has 2 heterocycles. The Hall–Kier alpha value is -3.01. The van der Waals surface area contributed by atoms with Crippen molar-refractivity contribution in [2.45, 2.75) is 13.8 Å². The second-order valence-corrected chi connectivity index (χ2v) is 6.05. The largest absolute Gasteiger partial charge is 0.465 e. The highest BCUT2D eigenvalue weighted by atomic mass is 16.5. The van der Waals surface area contributed by atoms with Gasteiger partial charge in [-0.2, -0.15) is 0 Å². The number of aryl methyl sites for hydroxylation is 2. The van der Waals surface area contributed by atoms with Gasteiger partial charge < -0.3 is 14.3 Å². The van der Waals surface area contributed by atoms with Gasteiger partial charge in [0.05, 0.1) is 12.7 Å². The Labute approximate surface area is 139 Å². The van der Waals surface area contributed by atoms with Gasteiger partial charge in [0.25, 0.3) is 0 Å². The molecule has 0 unspecified atom stereocenters. The molecule has 4 rings (SSSR count). The molecule has 2 aromatic heterocycles. The molecule has 0 aliphatic carbocycles. The number of hydrogen-bond acceptors (Lipinski definition) is 2. The molecule has 0 spiro atoms. The van der Waals surface area contributed by atoms with Crippen molar-refractivity contribution < 1.29 is 9.53 Å². The fourth-order valence-electron chi connectivity index (χ4n) is 3.40. The number of rotatable bonds is 2. The Morgan fingerprint density at radius 1 is 1.12 bits per heavy atom. The first-order valence-electron chi connectivity index (χ1n) is 7.87. The predicted octanol–water partition coefficient (Wildman–Crippen LogP) is 4.52. The standard InChI is InChI=1S/C20H18N2O2/c1-12-10-17(22-8-4-5-9-22)13(2)18-15-11-14(20(23)24-3)6-7-16(15)21-19(12)18/h4-11,21H,1-3H3. The first-order valence-corrected chi connectivity index (χ1v) is 7.87. The van der Waals surface area contributed by atoms with E-state index in [9.17, 15) is 4.79 Å². The topological polar surface area (TPSA) is 47.0 Å². The quantitative estimate of drug-likeness (QED) is 0.553. The van der Waals surface area contributed by atoms with E-state index in [-0.39, 0.29) is 5.97 Å². The molecule has 0 saturated carbocycles. The lowest BCUT2D eigenvalue weighted by Crippen LogP contribution is -2.00. The first-order chi connectivity index (χ1) is 11.6. The predicted molar refractivity (Wildman–Crippen MR) is 95.9 cm³/mol. The summed E-state index contributed by atoms with van der Waals surface area (Å²) in [4.78, 5) is 15.4. The van der Waals surface area contributed by atoms with Crippen molar-refractivity contribution in [2.24, 2.45) is 0 Å². The second kappa shape index (κ2) is 5.27. The number of benzene rings is 2. The van der Waals surface area contributed by atoms with Gasteiger partial charge >= 0.3 is 5.97 Å². The lowest BCUT2D eigenvalue weighted by Gasteiger charge is -2.11. The number of nitrogens with zero attached hydrogens (tertiary/aromatic N) is 1. The number of ether oxygens (including phenoxy) is 1. The van der Waals surface area contributed by atoms with Crippen molar-refractivity contribution >= 4 is 27.8 Å². The van der Waals surface area contributed by atoms with E-state index < -0.39 is 0 Å². The van der Waals surface area contributed by atoms with Crippen LogP contribution in [-0.4, -0.2) is 22.6 Å². The van der Waals surface area contributed by atoms with Gasteiger partial charge in [-0.05, 0) is 61.4 Å². The lowest BCUT2D eigenvalue weighted by molar-refractivity contribution is 0.0601. The van der Waals surface area contributed by atoms with E-state index in [4.69, 9.17) is 4.74 Å². The van der Waals surface area contributed by atoms with Crippen molar-refractivity contribution in [1.82, 2.24) is 9.55 Å². The van der Waals surface area contributed by atoms with E-state index in [2.05, 4.69) is 29.5 Å². The van der Waals surface area contributed by atoms with Crippen molar-refractivity contribution in [2.75, 3.05) is 7.11 Å². The molecule has 4 aromatic rings. The van der Waals surface area contributed by atoms with Gasteiger partial charge in [-0.1, -0.05) is 0 Å². The Kier molecular flexibility index (Phi) is 3.20. The number of hydrogen-bond donors (Lipinski definition) is 1. The van der Waals surface area contributed by atoms with Crippen LogP contribution in [0, 0.1) is 13.8 Å². The number of carbonyl (C=O) groups excluding carboxylic acids is 1. The van der Waals surface area contributed by atoms with Crippen LogP contribution in [0.5, 0.6) is 0 Å². The lowest BCUT2D eigenvalue weighted by atomic mass is 10.0. The van der Waals surface area contributed by atoms with E-state index >= 15 is 0 Å². The fraction of sp³-hybridized carbons (Fsp3) is 0.150. The molecular weight excluding hydrogens is 300 g/mol. The maximum Gasteiger partial charge on any atom is 0.337 e. The highest BCUT2D eigenvalue weighted by molar-refractivity contribution is 6.12. The highest BCUT2D eigenvalue weighted by Crippen LogP contribution is 2.34. The van der Waals surface area contributed by atoms with Crippen molar-refractivity contribution in [3.05, 3.63) is 65.5 Å². The van der Waals surface area contributed by atoms with Crippen molar-refractivity contribution in [3.63, 3.8) is 0 Å². The van der Waals surface area contributed by atoms with E-state index in [1.54, 1.807) is 6.07 Å². The molecule has 0 radical (unpaired) electrons. The van der Waals surface area contributed by atoms with E-state index in [1.165, 1.54) is 18.2 Å². The molecule has 4 heteroatoms. The van der Waals surface area contributed by atoms with Gasteiger partial charge in [-0.15, -0.1) is 0 Å². The Balaban J connectivity index is 2.09. The van der Waals surface area contributed by atoms with Gasteiger partial charge in [-0.3, -0.25) is 0 Å². The summed E-state index contributed by atoms with van der Waals surface area (Å²) < 4.78 is 6.97. The maximum atomic E-state index is 11.9. The molecule has 0 atom stereocenters. The summed E-state index contributed by atoms with van der Waals surface area (Å²) in [6.45, 7) is 4.22. The zero-order chi connectivity index (χ0) is 16.8. The molecule has 24 heavy (non-hydrogen) atoms. The molecule has 0 fully saturated rings. The molecule has 0 bridgehead atoms. The number of esters is 1. The summed E-state index contributed by atoms with van der Waals surface area (Å²) in [7, 11) is 1.40. The van der Waals surface area contributed by atoms with Crippen LogP contribution < -0.4 is 0 Å². The number of nitrogens with one attached hydrogen (secondary N) is 1. The SMILES string of the molecule is COC(=O)c1ccc2[nH]c3c(C)cc(-n4cccc4)c(C)c3c2c1. The number of fused-ring (bicyclic) bond motifs is 3. The number of H-pyrrole nitrogens is 1. The van der Waals surface area contributed by atoms with E-state index in [1.807, 2.05) is 36.7 Å². The monoisotopic (exact) mass is 318 g/mol. The van der Waals surface area contributed by atoms with Crippen molar-refractivity contribution in [1.29, 1.82) is 0 Å². The summed E-state index contributed by atoms with van der Waals surface area (Å²) in [6.07, 6.45) is 4.09. The van der Waals surface area contributed by atoms with Gasteiger partial charge in [-0.25, -0.2) is 4.79 Å². The van der Waals surface area contributed by atoms with Crippen LogP contribution in [0.25, 0.3) is 27.5 Å². The molecule has 2 aromatic carbocycles. The Bertz CT molecular complexity index is 1070. The first kappa shape index (κ1) is 14.6. The zero-order valence-corrected chi connectivity index (χ0v) is 13.9. The van der Waals surface area contributed by atoms with E-state index in [0.29, 0.717) is 5.56 Å². The summed E-state index contributed by atoms with van der Waals surface area (Å²) in [5.41, 5.74) is 6.20. The summed E-state index contributed by atoms with van der Waals surface area (Å²) in [5, 5.41) is 2.20. The fourth-order valence-corrected chi connectivity index (χ4v) is 3.40. The molecule has 0 amide bonds. The number of aromatic nitrogens is 2. The van der Waals surface area contributed by atoms with Crippen LogP contribution in [0.1, 0.15) is 21.5 Å². The third-order valence-electron chi connectivity index (χ3n) is 4.61. The highest BCUT2D eigenvalue weighted by Gasteiger charge is 2.15. The van der Waals surface area contributed by atoms with Gasteiger partial charge in [0.15, 0.2) is 0 Å². The smallest absolute Gasteiger partial charge is 0.337 e. The molecule has 0 aliphatic heterocycles. The second-order valence-electron chi connectivity index (χ2n) is 6.05. The molecule has 120 valence electrons. The molecule has 1 N–H and O–H groups in total. The average molecular weight is 318 g/mol. The maximum absolute atomic E-state index is 11.9. The minimum atomic E-state index is -0.317. The third-order valence-corrected chi connectivity index (χ3v) is 4.61. The van der Waals surface area contributed by atoms with Crippen molar-refractivity contribution in [3.8, 4) is 5.69 Å². The summed E-state index contributed by atoms with van der Waals surface area (Å²) in [6, 6.07) is 11.9. The van der Waals surface area contributed by atoms with Gasteiger partial charge in [0, 0.05) is 39.9 Å². The minimum absolute atomic E-state index is 0.317. The number of aromatic amines is 1. The summed E-state index contributed by atoms with van der Waals surface area (Å²) >= 11 is 0. The summed E-state index contributed by atoms with van der Waals surface area (Å²) in [5.74, 6) is -0.317. The van der Waals surface area contributed by atoms with Crippen LogP contribution in [0.15, 0.2) is 48.8 Å². The van der Waals surface area contributed by atoms with Crippen LogP contribution in [-0.2, 0) is 4.74 Å². The number of carbonyl (C=O) groups is 1. The van der Waals surface area contributed by atoms with Gasteiger partial charge in [0.1, 0.15) is 0 Å². The number of methoxy groups -OCH3 is 1. The molecule has 0 saturated heterocycles. The molecular formula is C20H18N2O2. The average Bonchev–Trinajstić information content (AvgIpc) is 3.24. The Morgan fingerprint density at radius 2 is 1.88 bits per heavy atom. The molecule has 4 nitrogen and oxygen atoms in total. The Morgan fingerprint density at radius 3 is 2.58 bits per heavy atom. The van der Waals surface area contributed by atoms with Gasteiger partial charge in [0.2, 0.25) is 0 Å².